The molecule has 0 aliphatic rings. The molecule has 0 aliphatic carbocycles. The van der Waals surface area contributed by atoms with E-state index in [1.165, 1.54) is 13.8 Å². The summed E-state index contributed by atoms with van der Waals surface area (Å²) in [6, 6.07) is -0.943. The number of aliphatic carboxylic acids is 2. The van der Waals surface area contributed by atoms with Gasteiger partial charge in [0.2, 0.25) is 0 Å². The van der Waals surface area contributed by atoms with Gasteiger partial charge in [0.25, 0.3) is 0 Å². The molecule has 0 aliphatic heterocycles. The first-order chi connectivity index (χ1) is 7.34. The zero-order valence-corrected chi connectivity index (χ0v) is 8.51. The number of carbonyl (C=O) groups is 3. The molecule has 4 N–H and O–H groups in total. The van der Waals surface area contributed by atoms with Crippen molar-refractivity contribution in [3.8, 4) is 0 Å². The van der Waals surface area contributed by atoms with Crippen LogP contribution in [0.4, 0.5) is 4.79 Å². The monoisotopic (exact) mass is 230 g/mol. The molecule has 0 spiro atoms. The number of carboxylic acid groups (broad SMARTS) is 2. The Labute approximate surface area is 89.8 Å². The lowest BCUT2D eigenvalue weighted by molar-refractivity contribution is -0.130. The lowest BCUT2D eigenvalue weighted by atomic mass is 10.4. The lowest BCUT2D eigenvalue weighted by Crippen LogP contribution is -2.31. The van der Waals surface area contributed by atoms with E-state index in [1.807, 2.05) is 10.9 Å². The maximum absolute atomic E-state index is 10.9. The fraction of sp³-hybridized carbons (Fsp3) is 0.286. The summed E-state index contributed by atoms with van der Waals surface area (Å²) in [6.45, 7) is 2.35. The van der Waals surface area contributed by atoms with Gasteiger partial charge in [-0.25, -0.2) is 25.2 Å². The maximum Gasteiger partial charge on any atom is 0.355 e. The van der Waals surface area contributed by atoms with Crippen molar-refractivity contribution in [1.29, 1.82) is 0 Å². The Balaban J connectivity index is 4.21. The zero-order chi connectivity index (χ0) is 12.7. The predicted octanol–water partition coefficient (Wildman–Crippen LogP) is -0.793. The molecule has 9 heteroatoms. The summed E-state index contributed by atoms with van der Waals surface area (Å²) in [5, 5.41) is 23.1. The molecule has 88 valence electrons. The third-order valence-corrected chi connectivity index (χ3v) is 1.27. The molecule has 0 heterocycles. The van der Waals surface area contributed by atoms with Crippen LogP contribution in [0.15, 0.2) is 10.2 Å². The van der Waals surface area contributed by atoms with Crippen molar-refractivity contribution >= 4 is 29.4 Å². The number of hydrogen-bond acceptors (Lipinski definition) is 5. The van der Waals surface area contributed by atoms with Gasteiger partial charge in [-0.05, 0) is 13.8 Å². The molecule has 0 rings (SSSR count). The predicted molar refractivity (Wildman–Crippen MR) is 53.2 cm³/mol. The van der Waals surface area contributed by atoms with E-state index >= 15 is 0 Å². The Hall–Kier alpha value is -2.45. The van der Waals surface area contributed by atoms with Gasteiger partial charge in [-0.2, -0.15) is 10.2 Å². The van der Waals surface area contributed by atoms with Crippen LogP contribution in [0.1, 0.15) is 13.8 Å². The second-order valence-electron chi connectivity index (χ2n) is 2.56. The van der Waals surface area contributed by atoms with Crippen molar-refractivity contribution < 1.29 is 24.6 Å². The number of amides is 2. The topological polar surface area (TPSA) is 140 Å². The average Bonchev–Trinajstić information content (AvgIpc) is 2.21. The van der Waals surface area contributed by atoms with Crippen LogP contribution < -0.4 is 10.9 Å². The van der Waals surface area contributed by atoms with Gasteiger partial charge in [0, 0.05) is 0 Å². The Kier molecular flexibility index (Phi) is 5.18. The Morgan fingerprint density at radius 1 is 0.875 bits per heavy atom. The summed E-state index contributed by atoms with van der Waals surface area (Å²) in [7, 11) is 0. The number of nitrogens with zero attached hydrogens (tertiary/aromatic N) is 2. The highest BCUT2D eigenvalue weighted by atomic mass is 16.4. The van der Waals surface area contributed by atoms with Crippen LogP contribution in [0.2, 0.25) is 0 Å². The van der Waals surface area contributed by atoms with Crippen molar-refractivity contribution in [2.45, 2.75) is 13.8 Å². The normalized spacial score (nSPS) is 11.9. The molecular formula is C7H10N4O5. The van der Waals surface area contributed by atoms with Crippen molar-refractivity contribution in [3.63, 3.8) is 0 Å². The van der Waals surface area contributed by atoms with E-state index in [-0.39, 0.29) is 11.4 Å². The summed E-state index contributed by atoms with van der Waals surface area (Å²) in [6.07, 6.45) is 0. The van der Waals surface area contributed by atoms with Crippen molar-refractivity contribution in [2.75, 3.05) is 0 Å². The fourth-order valence-electron chi connectivity index (χ4n) is 0.390. The van der Waals surface area contributed by atoms with E-state index in [1.54, 1.807) is 0 Å². The summed E-state index contributed by atoms with van der Waals surface area (Å²) >= 11 is 0. The van der Waals surface area contributed by atoms with E-state index in [0.717, 1.165) is 0 Å². The molecule has 0 saturated heterocycles. The highest BCUT2D eigenvalue weighted by molar-refractivity contribution is 6.35. The van der Waals surface area contributed by atoms with Crippen molar-refractivity contribution in [2.24, 2.45) is 10.2 Å². The molecule has 2 amide bonds. The van der Waals surface area contributed by atoms with E-state index in [2.05, 4.69) is 10.2 Å². The van der Waals surface area contributed by atoms with Gasteiger partial charge in [-0.15, -0.1) is 0 Å². The zero-order valence-electron chi connectivity index (χ0n) is 8.51. The van der Waals surface area contributed by atoms with Crippen LogP contribution in [-0.2, 0) is 9.59 Å². The van der Waals surface area contributed by atoms with Crippen LogP contribution >= 0.6 is 0 Å². The molecule has 0 atom stereocenters. The molecule has 9 nitrogen and oxygen atoms in total. The van der Waals surface area contributed by atoms with Crippen molar-refractivity contribution in [1.82, 2.24) is 10.9 Å². The van der Waals surface area contributed by atoms with Crippen LogP contribution in [-0.4, -0.2) is 39.6 Å². The Morgan fingerprint density at radius 3 is 1.44 bits per heavy atom. The third-order valence-electron chi connectivity index (χ3n) is 1.27. The molecule has 0 fully saturated rings. The van der Waals surface area contributed by atoms with Crippen LogP contribution in [0.25, 0.3) is 0 Å². The summed E-state index contributed by atoms with van der Waals surface area (Å²) < 4.78 is 0. The van der Waals surface area contributed by atoms with Crippen molar-refractivity contribution in [3.05, 3.63) is 0 Å². The molecule has 0 bridgehead atoms. The van der Waals surface area contributed by atoms with Gasteiger partial charge < -0.3 is 10.2 Å². The Bertz CT molecular complexity index is 339. The molecule has 0 aromatic carbocycles. The van der Waals surface area contributed by atoms with Gasteiger partial charge in [0.15, 0.2) is 0 Å². The molecule has 0 aromatic heterocycles. The standard InChI is InChI=1S/C7H10N4O5/c1-3(5(12)13)8-10-7(16)11-9-4(2)6(14)15/h1-2H3,(H,12,13)(H,14,15)(H2,10,11,16)/b8-3-,9-4-. The van der Waals surface area contributed by atoms with E-state index in [0.29, 0.717) is 0 Å². The molecule has 0 radical (unpaired) electrons. The Morgan fingerprint density at radius 2 is 1.19 bits per heavy atom. The average molecular weight is 230 g/mol. The second kappa shape index (κ2) is 6.11. The molecule has 0 aromatic rings. The first-order valence-corrected chi connectivity index (χ1v) is 3.95. The van der Waals surface area contributed by atoms with Gasteiger partial charge in [-0.3, -0.25) is 0 Å². The van der Waals surface area contributed by atoms with Crippen LogP contribution in [0, 0.1) is 0 Å². The van der Waals surface area contributed by atoms with E-state index < -0.39 is 18.0 Å². The number of nitrogens with one attached hydrogen (secondary N) is 2. The molecule has 0 unspecified atom stereocenters. The maximum atomic E-state index is 10.9. The highest BCUT2D eigenvalue weighted by Gasteiger charge is 2.04. The number of hydrazone groups is 2. The quantitative estimate of drug-likeness (QED) is 0.370. The summed E-state index contributed by atoms with van der Waals surface area (Å²) in [5.74, 6) is -2.57. The fourth-order valence-corrected chi connectivity index (χ4v) is 0.390. The third kappa shape index (κ3) is 5.32. The lowest BCUT2D eigenvalue weighted by Gasteiger charge is -1.99. The minimum Gasteiger partial charge on any atom is -0.477 e. The number of rotatable bonds is 4. The first-order valence-electron chi connectivity index (χ1n) is 3.95. The summed E-state index contributed by atoms with van der Waals surface area (Å²) in [4.78, 5) is 31.4. The van der Waals surface area contributed by atoms with E-state index in [9.17, 15) is 14.4 Å². The number of carboxylic acids is 2. The van der Waals surface area contributed by atoms with Gasteiger partial charge in [0.05, 0.1) is 0 Å². The summed E-state index contributed by atoms with van der Waals surface area (Å²) in [5.41, 5.74) is 2.98. The molecular weight excluding hydrogens is 220 g/mol. The number of urea groups is 1. The van der Waals surface area contributed by atoms with Gasteiger partial charge >= 0.3 is 18.0 Å². The van der Waals surface area contributed by atoms with Gasteiger partial charge in [-0.1, -0.05) is 0 Å². The van der Waals surface area contributed by atoms with Crippen LogP contribution in [0.5, 0.6) is 0 Å². The van der Waals surface area contributed by atoms with E-state index in [4.69, 9.17) is 10.2 Å². The van der Waals surface area contributed by atoms with Crippen LogP contribution in [0.3, 0.4) is 0 Å². The number of hydrogen-bond donors (Lipinski definition) is 4. The largest absolute Gasteiger partial charge is 0.477 e. The smallest absolute Gasteiger partial charge is 0.355 e. The molecule has 16 heavy (non-hydrogen) atoms. The second-order valence-corrected chi connectivity index (χ2v) is 2.56. The SMILES string of the molecule is C/C(=N/NC(=O)N/N=C(/C)C(=O)O)C(=O)O. The minimum absolute atomic E-state index is 0.325. The number of carbonyl (C=O) groups excluding carboxylic acids is 1. The van der Waals surface area contributed by atoms with Gasteiger partial charge in [0.1, 0.15) is 11.4 Å². The molecule has 0 saturated carbocycles. The first kappa shape index (κ1) is 13.5. The highest BCUT2D eigenvalue weighted by Crippen LogP contribution is 1.77. The minimum atomic E-state index is -1.29.